The van der Waals surface area contributed by atoms with Crippen LogP contribution in [0.25, 0.3) is 0 Å². The first-order chi connectivity index (χ1) is 9.65. The van der Waals surface area contributed by atoms with Gasteiger partial charge in [0, 0.05) is 6.92 Å². The minimum absolute atomic E-state index is 0.543. The quantitative estimate of drug-likeness (QED) is 0.406. The van der Waals surface area contributed by atoms with Crippen LogP contribution in [0.3, 0.4) is 0 Å². The smallest absolute Gasteiger partial charge is 0.336 e. The second kappa shape index (κ2) is 8.17. The van der Waals surface area contributed by atoms with Crippen LogP contribution in [0.15, 0.2) is 11.6 Å². The fourth-order valence-electron chi connectivity index (χ4n) is 1.48. The van der Waals surface area contributed by atoms with Crippen molar-refractivity contribution in [3.8, 4) is 0 Å². The van der Waals surface area contributed by atoms with Crippen molar-refractivity contribution in [2.75, 3.05) is 6.61 Å². The Kier molecular flexibility index (Phi) is 8.15. The molecule has 1 atom stereocenters. The van der Waals surface area contributed by atoms with Crippen molar-refractivity contribution in [3.63, 3.8) is 0 Å². The summed E-state index contributed by atoms with van der Waals surface area (Å²) in [5.74, 6) is -0.543. The van der Waals surface area contributed by atoms with Gasteiger partial charge in [0.2, 0.25) is 3.79 Å². The Labute approximate surface area is 146 Å². The van der Waals surface area contributed by atoms with Crippen molar-refractivity contribution in [1.82, 2.24) is 4.72 Å². The molecular weight excluding hydrogens is 377 g/mol. The molecule has 0 bridgehead atoms. The highest BCUT2D eigenvalue weighted by atomic mass is 35.6. The monoisotopic (exact) mass is 395 g/mol. The number of carbonyl (C=O) groups excluding carboxylic acids is 1. The lowest BCUT2D eigenvalue weighted by molar-refractivity contribution is -0.154. The molecule has 1 N–H and O–H groups in total. The van der Waals surface area contributed by atoms with Crippen molar-refractivity contribution in [3.05, 3.63) is 11.6 Å². The molecule has 0 saturated heterocycles. The van der Waals surface area contributed by atoms with Gasteiger partial charge in [0.05, 0.1) is 6.04 Å². The van der Waals surface area contributed by atoms with Crippen molar-refractivity contribution in [2.24, 2.45) is 0 Å². The first-order valence-electron chi connectivity index (χ1n) is 6.23. The number of hydrogen-bond acceptors (Lipinski definition) is 5. The zero-order valence-corrected chi connectivity index (χ0v) is 16.0. The maximum absolute atomic E-state index is 11.9. The van der Waals surface area contributed by atoms with Gasteiger partial charge in [-0.2, -0.15) is 13.1 Å². The predicted octanol–water partition coefficient (Wildman–Crippen LogP) is 2.88. The highest BCUT2D eigenvalue weighted by Crippen LogP contribution is 2.27. The van der Waals surface area contributed by atoms with Gasteiger partial charge < -0.3 is 4.74 Å². The average Bonchev–Trinajstić information content (AvgIpc) is 2.22. The molecule has 6 nitrogen and oxygen atoms in total. The van der Waals surface area contributed by atoms with Crippen LogP contribution in [0.1, 0.15) is 34.6 Å². The van der Waals surface area contributed by atoms with Crippen LogP contribution in [0, 0.1) is 0 Å². The summed E-state index contributed by atoms with van der Waals surface area (Å²) in [6.07, 6.45) is 1.60. The molecule has 22 heavy (non-hydrogen) atoms. The zero-order valence-electron chi connectivity index (χ0n) is 12.9. The minimum Gasteiger partial charge on any atom is -0.458 e. The van der Waals surface area contributed by atoms with Crippen molar-refractivity contribution in [1.29, 1.82) is 0 Å². The van der Waals surface area contributed by atoms with E-state index in [2.05, 4.69) is 8.91 Å². The molecule has 0 aromatic rings. The van der Waals surface area contributed by atoms with Crippen LogP contribution < -0.4 is 4.72 Å². The van der Waals surface area contributed by atoms with E-state index in [0.717, 1.165) is 5.57 Å². The number of nitrogens with one attached hydrogen (secondary N) is 1. The number of esters is 1. The second-order valence-corrected chi connectivity index (χ2v) is 9.26. The third-order valence-corrected chi connectivity index (χ3v) is 3.60. The van der Waals surface area contributed by atoms with Crippen molar-refractivity contribution < 1.29 is 22.1 Å². The van der Waals surface area contributed by atoms with Crippen LogP contribution in [0.4, 0.5) is 0 Å². The van der Waals surface area contributed by atoms with E-state index in [9.17, 15) is 13.2 Å². The van der Waals surface area contributed by atoms with Crippen molar-refractivity contribution >= 4 is 51.1 Å². The zero-order chi connectivity index (χ0) is 17.8. The maximum Gasteiger partial charge on any atom is 0.336 e. The topological polar surface area (TPSA) is 81.7 Å². The Morgan fingerprint density at radius 2 is 1.73 bits per heavy atom. The molecule has 0 aromatic heterocycles. The summed E-state index contributed by atoms with van der Waals surface area (Å²) < 4.78 is 34.0. The SMILES string of the molecule is CC(=O)OC(C)(C)[C@@H](C=C(C)C)NS(=O)(=O)OCC(Cl)(Cl)Cl. The third kappa shape index (κ3) is 9.86. The predicted molar refractivity (Wildman–Crippen MR) is 87.4 cm³/mol. The normalized spacial score (nSPS) is 14.4. The van der Waals surface area contributed by atoms with Crippen LogP contribution in [-0.2, 0) is 24.0 Å². The van der Waals surface area contributed by atoms with Crippen LogP contribution >= 0.6 is 34.8 Å². The van der Waals surface area contributed by atoms with Gasteiger partial charge >= 0.3 is 16.3 Å². The first kappa shape index (κ1) is 21.9. The van der Waals surface area contributed by atoms with Gasteiger partial charge in [-0.15, -0.1) is 0 Å². The molecular formula is C12H20Cl3NO5S. The number of allylic oxidation sites excluding steroid dienone is 1. The van der Waals surface area contributed by atoms with E-state index in [0.29, 0.717) is 0 Å². The lowest BCUT2D eigenvalue weighted by atomic mass is 9.97. The molecule has 0 radical (unpaired) electrons. The van der Waals surface area contributed by atoms with Crippen molar-refractivity contribution in [2.45, 2.75) is 50.1 Å². The van der Waals surface area contributed by atoms with Gasteiger partial charge in [-0.05, 0) is 27.7 Å². The molecule has 0 aliphatic carbocycles. The molecule has 0 aliphatic rings. The highest BCUT2D eigenvalue weighted by molar-refractivity contribution is 7.84. The van der Waals surface area contributed by atoms with Gasteiger partial charge in [-0.25, -0.2) is 0 Å². The Morgan fingerprint density at radius 3 is 2.09 bits per heavy atom. The fraction of sp³-hybridized carbons (Fsp3) is 0.750. The summed E-state index contributed by atoms with van der Waals surface area (Å²) >= 11 is 16.4. The summed E-state index contributed by atoms with van der Waals surface area (Å²) in [5.41, 5.74) is -0.325. The molecule has 10 heteroatoms. The number of carbonyl (C=O) groups is 1. The molecule has 0 fully saturated rings. The Balaban J connectivity index is 5.23. The number of halogens is 3. The molecule has 0 heterocycles. The summed E-state index contributed by atoms with van der Waals surface area (Å²) in [5, 5.41) is 0. The van der Waals surface area contributed by atoms with E-state index in [1.807, 2.05) is 0 Å². The molecule has 130 valence electrons. The minimum atomic E-state index is -4.22. The summed E-state index contributed by atoms with van der Waals surface area (Å²) in [6, 6.07) is -0.859. The molecule has 0 saturated carbocycles. The summed E-state index contributed by atoms with van der Waals surface area (Å²) in [6.45, 7) is 7.25. The van der Waals surface area contributed by atoms with Gasteiger partial charge in [0.1, 0.15) is 12.2 Å². The van der Waals surface area contributed by atoms with Crippen LogP contribution in [0.2, 0.25) is 0 Å². The highest BCUT2D eigenvalue weighted by Gasteiger charge is 2.35. The molecule has 0 amide bonds. The van der Waals surface area contributed by atoms with Gasteiger partial charge in [0.15, 0.2) is 0 Å². The van der Waals surface area contributed by atoms with Crippen LogP contribution in [0.5, 0.6) is 0 Å². The number of alkyl halides is 3. The number of hydrogen-bond donors (Lipinski definition) is 1. The second-order valence-electron chi connectivity index (χ2n) is 5.37. The standard InChI is InChI=1S/C12H20Cl3NO5S/c1-8(2)6-10(11(4,5)21-9(3)17)16-22(18,19)20-7-12(13,14)15/h6,10,16H,7H2,1-5H3/t10-/m1/s1. The molecule has 0 rings (SSSR count). The average molecular weight is 397 g/mol. The first-order valence-corrected chi connectivity index (χ1v) is 8.77. The van der Waals surface area contributed by atoms with E-state index >= 15 is 0 Å². The molecule has 0 unspecified atom stereocenters. The van der Waals surface area contributed by atoms with E-state index in [1.165, 1.54) is 6.92 Å². The maximum atomic E-state index is 11.9. The van der Waals surface area contributed by atoms with Gasteiger partial charge in [-0.3, -0.25) is 8.98 Å². The largest absolute Gasteiger partial charge is 0.458 e. The number of ether oxygens (including phenoxy) is 1. The lowest BCUT2D eigenvalue weighted by Crippen LogP contribution is -2.51. The third-order valence-electron chi connectivity index (χ3n) is 2.30. The Morgan fingerprint density at radius 1 is 1.23 bits per heavy atom. The molecule has 0 aliphatic heterocycles. The van der Waals surface area contributed by atoms with Gasteiger partial charge in [-0.1, -0.05) is 46.5 Å². The van der Waals surface area contributed by atoms with E-state index in [-0.39, 0.29) is 0 Å². The van der Waals surface area contributed by atoms with E-state index in [1.54, 1.807) is 33.8 Å². The Bertz CT molecular complexity index is 521. The summed E-state index contributed by atoms with van der Waals surface area (Å²) in [7, 11) is -4.22. The van der Waals surface area contributed by atoms with Gasteiger partial charge in [0.25, 0.3) is 0 Å². The van der Waals surface area contributed by atoms with E-state index in [4.69, 9.17) is 39.5 Å². The molecule has 0 spiro atoms. The summed E-state index contributed by atoms with van der Waals surface area (Å²) in [4.78, 5) is 11.2. The number of rotatable bonds is 7. The lowest BCUT2D eigenvalue weighted by Gasteiger charge is -2.32. The van der Waals surface area contributed by atoms with E-state index < -0.39 is 38.3 Å². The molecule has 0 aromatic carbocycles. The Hall–Kier alpha value is -0.0500. The fourth-order valence-corrected chi connectivity index (χ4v) is 2.90. The van der Waals surface area contributed by atoms with Crippen LogP contribution in [-0.4, -0.2) is 36.4 Å².